The Morgan fingerprint density at radius 1 is 1.23 bits per heavy atom. The second kappa shape index (κ2) is 5.24. The highest BCUT2D eigenvalue weighted by Crippen LogP contribution is 2.33. The van der Waals surface area contributed by atoms with Crippen molar-refractivity contribution in [2.75, 3.05) is 7.11 Å². The first-order valence-electron chi connectivity index (χ1n) is 6.21. The lowest BCUT2D eigenvalue weighted by atomic mass is 10.1. The number of pyridine rings is 1. The van der Waals surface area contributed by atoms with E-state index in [1.54, 1.807) is 0 Å². The second-order valence-corrected chi connectivity index (χ2v) is 4.35. The van der Waals surface area contributed by atoms with E-state index in [2.05, 4.69) is 19.9 Å². The Kier molecular flexibility index (Phi) is 3.26. The maximum Gasteiger partial charge on any atom is 0.377 e. The highest BCUT2D eigenvalue weighted by Gasteiger charge is 2.23. The SMILES string of the molecule is COc1cnc(-c2cnccn2)c2[nH]cc(C(=O)C(=O)O)c12. The summed E-state index contributed by atoms with van der Waals surface area (Å²) in [7, 11) is 1.42. The molecule has 8 heteroatoms. The van der Waals surface area contributed by atoms with Crippen LogP contribution in [0.2, 0.25) is 0 Å². The number of ketones is 1. The molecule has 0 unspecified atom stereocenters. The zero-order valence-corrected chi connectivity index (χ0v) is 11.4. The summed E-state index contributed by atoms with van der Waals surface area (Å²) >= 11 is 0. The molecule has 0 bridgehead atoms. The molecule has 0 saturated heterocycles. The third-order valence-electron chi connectivity index (χ3n) is 3.14. The number of rotatable bonds is 4. The number of aromatic amines is 1. The Morgan fingerprint density at radius 2 is 2.05 bits per heavy atom. The smallest absolute Gasteiger partial charge is 0.377 e. The fraction of sp³-hybridized carbons (Fsp3) is 0.0714. The van der Waals surface area contributed by atoms with Crippen molar-refractivity contribution in [1.82, 2.24) is 19.9 Å². The van der Waals surface area contributed by atoms with Gasteiger partial charge in [-0.25, -0.2) is 9.78 Å². The summed E-state index contributed by atoms with van der Waals surface area (Å²) in [6, 6.07) is 0. The molecule has 0 atom stereocenters. The monoisotopic (exact) mass is 298 g/mol. The number of nitrogens with zero attached hydrogens (tertiary/aromatic N) is 3. The quantitative estimate of drug-likeness (QED) is 0.550. The predicted octanol–water partition coefficient (Wildman–Crippen LogP) is 1.30. The average molecular weight is 298 g/mol. The predicted molar refractivity (Wildman–Crippen MR) is 75.6 cm³/mol. The summed E-state index contributed by atoms with van der Waals surface area (Å²) in [6.45, 7) is 0. The number of hydrogen-bond donors (Lipinski definition) is 2. The van der Waals surface area contributed by atoms with Gasteiger partial charge in [-0.2, -0.15) is 0 Å². The van der Waals surface area contributed by atoms with Crippen LogP contribution in [-0.4, -0.2) is 43.9 Å². The number of aromatic nitrogens is 4. The van der Waals surface area contributed by atoms with E-state index in [1.165, 1.54) is 38.1 Å². The van der Waals surface area contributed by atoms with E-state index < -0.39 is 11.8 Å². The topological polar surface area (TPSA) is 118 Å². The van der Waals surface area contributed by atoms with Crippen molar-refractivity contribution >= 4 is 22.7 Å². The molecular formula is C14H10N4O4. The molecule has 3 aromatic rings. The molecule has 2 N–H and O–H groups in total. The van der Waals surface area contributed by atoms with Gasteiger partial charge in [-0.3, -0.25) is 14.8 Å². The maximum absolute atomic E-state index is 11.8. The molecule has 0 aromatic carbocycles. The number of Topliss-reactive ketones (excluding diaryl/α,β-unsaturated/α-hetero) is 1. The third kappa shape index (κ3) is 2.06. The molecule has 0 radical (unpaired) electrons. The number of carboxylic acids is 1. The van der Waals surface area contributed by atoms with Crippen molar-refractivity contribution in [2.45, 2.75) is 0 Å². The highest BCUT2D eigenvalue weighted by atomic mass is 16.5. The number of carboxylic acid groups (broad SMARTS) is 1. The number of fused-ring (bicyclic) bond motifs is 1. The van der Waals surface area contributed by atoms with Gasteiger partial charge in [-0.15, -0.1) is 0 Å². The van der Waals surface area contributed by atoms with Gasteiger partial charge in [0.25, 0.3) is 5.78 Å². The summed E-state index contributed by atoms with van der Waals surface area (Å²) in [4.78, 5) is 38.0. The van der Waals surface area contributed by atoms with Crippen LogP contribution in [0.25, 0.3) is 22.3 Å². The van der Waals surface area contributed by atoms with Crippen LogP contribution in [0.5, 0.6) is 5.75 Å². The van der Waals surface area contributed by atoms with Crippen molar-refractivity contribution in [1.29, 1.82) is 0 Å². The minimum Gasteiger partial charge on any atom is -0.494 e. The Morgan fingerprint density at radius 3 is 2.68 bits per heavy atom. The largest absolute Gasteiger partial charge is 0.494 e. The molecule has 0 amide bonds. The number of methoxy groups -OCH3 is 1. The van der Waals surface area contributed by atoms with Gasteiger partial charge < -0.3 is 14.8 Å². The molecule has 0 aliphatic carbocycles. The van der Waals surface area contributed by atoms with Gasteiger partial charge in [0.2, 0.25) is 0 Å². The molecule has 0 aliphatic heterocycles. The van der Waals surface area contributed by atoms with Gasteiger partial charge in [-0.05, 0) is 0 Å². The number of hydrogen-bond acceptors (Lipinski definition) is 6. The molecule has 3 rings (SSSR count). The van der Waals surface area contributed by atoms with E-state index >= 15 is 0 Å². The summed E-state index contributed by atoms with van der Waals surface area (Å²) in [5, 5.41) is 9.27. The molecule has 8 nitrogen and oxygen atoms in total. The van der Waals surface area contributed by atoms with Gasteiger partial charge in [-0.1, -0.05) is 0 Å². The zero-order chi connectivity index (χ0) is 15.7. The first-order chi connectivity index (χ1) is 10.6. The fourth-order valence-corrected chi connectivity index (χ4v) is 2.18. The van der Waals surface area contributed by atoms with Gasteiger partial charge in [0.05, 0.1) is 36.0 Å². The summed E-state index contributed by atoms with van der Waals surface area (Å²) in [5.74, 6) is -2.27. The van der Waals surface area contributed by atoms with E-state index in [0.29, 0.717) is 28.0 Å². The van der Waals surface area contributed by atoms with Gasteiger partial charge >= 0.3 is 5.97 Å². The van der Waals surface area contributed by atoms with Gasteiger partial charge in [0, 0.05) is 18.6 Å². The number of carbonyl (C=O) groups is 2. The van der Waals surface area contributed by atoms with Crippen molar-refractivity contribution in [3.05, 3.63) is 36.5 Å². The Bertz CT molecular complexity index is 873. The Balaban J connectivity index is 2.31. The molecule has 0 spiro atoms. The van der Waals surface area contributed by atoms with Crippen LogP contribution in [0.4, 0.5) is 0 Å². The lowest BCUT2D eigenvalue weighted by Crippen LogP contribution is -2.12. The first kappa shape index (κ1) is 13.7. The lowest BCUT2D eigenvalue weighted by Gasteiger charge is -2.06. The van der Waals surface area contributed by atoms with Crippen LogP contribution in [0.1, 0.15) is 10.4 Å². The first-order valence-corrected chi connectivity index (χ1v) is 6.21. The van der Waals surface area contributed by atoms with Crippen LogP contribution in [-0.2, 0) is 4.79 Å². The third-order valence-corrected chi connectivity index (χ3v) is 3.14. The zero-order valence-electron chi connectivity index (χ0n) is 11.4. The maximum atomic E-state index is 11.8. The molecule has 0 saturated carbocycles. The number of H-pyrrole nitrogens is 1. The molecule has 3 heterocycles. The molecular weight excluding hydrogens is 288 g/mol. The molecule has 0 aliphatic rings. The van der Waals surface area contributed by atoms with E-state index in [1.807, 2.05) is 0 Å². The summed E-state index contributed by atoms with van der Waals surface area (Å²) in [6.07, 6.45) is 7.30. The van der Waals surface area contributed by atoms with Crippen molar-refractivity contribution < 1.29 is 19.4 Å². The lowest BCUT2D eigenvalue weighted by molar-refractivity contribution is -0.131. The van der Waals surface area contributed by atoms with Crippen molar-refractivity contribution in [2.24, 2.45) is 0 Å². The Labute approximate surface area is 123 Å². The normalized spacial score (nSPS) is 10.6. The van der Waals surface area contributed by atoms with E-state index in [0.717, 1.165) is 0 Å². The van der Waals surface area contributed by atoms with Crippen LogP contribution >= 0.6 is 0 Å². The summed E-state index contributed by atoms with van der Waals surface area (Å²) in [5.41, 5.74) is 1.41. The molecule has 22 heavy (non-hydrogen) atoms. The standard InChI is InChI=1S/C14H10N4O4/c1-22-9-6-18-11(8-5-15-2-3-16-8)12-10(9)7(4-17-12)13(19)14(20)21/h2-6,17H,1H3,(H,20,21). The van der Waals surface area contributed by atoms with Crippen molar-refractivity contribution in [3.63, 3.8) is 0 Å². The number of aliphatic carboxylic acids is 1. The molecule has 0 fully saturated rings. The minimum atomic E-state index is -1.54. The van der Waals surface area contributed by atoms with Crippen LogP contribution in [0, 0.1) is 0 Å². The average Bonchev–Trinajstić information content (AvgIpc) is 2.99. The van der Waals surface area contributed by atoms with Crippen LogP contribution in [0.3, 0.4) is 0 Å². The number of ether oxygens (including phenoxy) is 1. The fourth-order valence-electron chi connectivity index (χ4n) is 2.18. The van der Waals surface area contributed by atoms with Crippen molar-refractivity contribution in [3.8, 4) is 17.1 Å². The van der Waals surface area contributed by atoms with E-state index in [9.17, 15) is 9.59 Å². The highest BCUT2D eigenvalue weighted by molar-refractivity contribution is 6.42. The van der Waals surface area contributed by atoms with Gasteiger partial charge in [0.15, 0.2) is 0 Å². The molecule has 110 valence electrons. The van der Waals surface area contributed by atoms with E-state index in [-0.39, 0.29) is 5.56 Å². The number of carbonyl (C=O) groups excluding carboxylic acids is 1. The van der Waals surface area contributed by atoms with Gasteiger partial charge in [0.1, 0.15) is 17.1 Å². The number of nitrogens with one attached hydrogen (secondary N) is 1. The van der Waals surface area contributed by atoms with Crippen LogP contribution in [0.15, 0.2) is 31.0 Å². The minimum absolute atomic E-state index is 0.00638. The van der Waals surface area contributed by atoms with E-state index in [4.69, 9.17) is 9.84 Å². The Hall–Kier alpha value is -3.29. The summed E-state index contributed by atoms with van der Waals surface area (Å²) < 4.78 is 5.18. The second-order valence-electron chi connectivity index (χ2n) is 4.35. The van der Waals surface area contributed by atoms with Crippen LogP contribution < -0.4 is 4.74 Å². The molecule has 3 aromatic heterocycles.